The molecule has 2 rings (SSSR count). The van der Waals surface area contributed by atoms with E-state index in [-0.39, 0.29) is 0 Å². The van der Waals surface area contributed by atoms with Crippen LogP contribution in [0.15, 0.2) is 30.3 Å². The van der Waals surface area contributed by atoms with Crippen molar-refractivity contribution < 1.29 is 0 Å². The standard InChI is InChI=1S/C16H26N2/c1-14-7-6-8-15(13-14)17-11-12-18(2)16-9-4-3-5-10-16/h3-5,9-10,14-15,17H,6-8,11-13H2,1-2H3. The van der Waals surface area contributed by atoms with Crippen LogP contribution < -0.4 is 10.2 Å². The first-order chi connectivity index (χ1) is 8.75. The number of rotatable bonds is 5. The molecule has 1 N–H and O–H groups in total. The predicted octanol–water partition coefficient (Wildman–Crippen LogP) is 3.29. The minimum atomic E-state index is 0.748. The first kappa shape index (κ1) is 13.4. The highest BCUT2D eigenvalue weighted by Gasteiger charge is 2.17. The lowest BCUT2D eigenvalue weighted by Crippen LogP contribution is -2.38. The molecule has 2 unspecified atom stereocenters. The molecule has 2 atom stereocenters. The van der Waals surface area contributed by atoms with Gasteiger partial charge in [-0.3, -0.25) is 0 Å². The van der Waals surface area contributed by atoms with Gasteiger partial charge in [0.1, 0.15) is 0 Å². The summed E-state index contributed by atoms with van der Waals surface area (Å²) in [4.78, 5) is 2.32. The minimum Gasteiger partial charge on any atom is -0.373 e. The summed E-state index contributed by atoms with van der Waals surface area (Å²) in [7, 11) is 2.17. The zero-order chi connectivity index (χ0) is 12.8. The van der Waals surface area contributed by atoms with Crippen LogP contribution >= 0.6 is 0 Å². The Morgan fingerprint density at radius 3 is 2.72 bits per heavy atom. The molecular formula is C16H26N2. The quantitative estimate of drug-likeness (QED) is 0.857. The van der Waals surface area contributed by atoms with E-state index in [1.54, 1.807) is 0 Å². The fourth-order valence-electron chi connectivity index (χ4n) is 2.87. The maximum atomic E-state index is 3.71. The highest BCUT2D eigenvalue weighted by Crippen LogP contribution is 2.23. The number of hydrogen-bond donors (Lipinski definition) is 1. The Labute approximate surface area is 111 Å². The van der Waals surface area contributed by atoms with Gasteiger partial charge in [-0.15, -0.1) is 0 Å². The summed E-state index contributed by atoms with van der Waals surface area (Å²) in [5.41, 5.74) is 1.30. The van der Waals surface area contributed by atoms with Crippen LogP contribution in [0.2, 0.25) is 0 Å². The number of hydrogen-bond acceptors (Lipinski definition) is 2. The molecule has 100 valence electrons. The van der Waals surface area contributed by atoms with E-state index >= 15 is 0 Å². The second kappa shape index (κ2) is 6.79. The van der Waals surface area contributed by atoms with E-state index in [0.29, 0.717) is 0 Å². The van der Waals surface area contributed by atoms with Gasteiger partial charge in [-0.1, -0.05) is 38.0 Å². The molecule has 2 nitrogen and oxygen atoms in total. The van der Waals surface area contributed by atoms with E-state index in [1.807, 2.05) is 0 Å². The van der Waals surface area contributed by atoms with Crippen LogP contribution in [0.4, 0.5) is 5.69 Å². The second-order valence-corrected chi connectivity index (χ2v) is 5.68. The Morgan fingerprint density at radius 1 is 1.22 bits per heavy atom. The average molecular weight is 246 g/mol. The van der Waals surface area contributed by atoms with Crippen LogP contribution in [0.3, 0.4) is 0 Å². The summed E-state index contributed by atoms with van der Waals surface area (Å²) in [6, 6.07) is 11.4. The van der Waals surface area contributed by atoms with Crippen molar-refractivity contribution in [3.05, 3.63) is 30.3 Å². The van der Waals surface area contributed by atoms with Crippen LogP contribution in [0.5, 0.6) is 0 Å². The lowest BCUT2D eigenvalue weighted by atomic mass is 9.87. The van der Waals surface area contributed by atoms with Crippen molar-refractivity contribution in [2.45, 2.75) is 38.6 Å². The Kier molecular flexibility index (Phi) is 5.06. The Morgan fingerprint density at radius 2 is 2.00 bits per heavy atom. The lowest BCUT2D eigenvalue weighted by molar-refractivity contribution is 0.303. The maximum Gasteiger partial charge on any atom is 0.0364 e. The molecular weight excluding hydrogens is 220 g/mol. The normalized spacial score (nSPS) is 23.9. The first-order valence-electron chi connectivity index (χ1n) is 7.25. The zero-order valence-electron chi connectivity index (χ0n) is 11.7. The highest BCUT2D eigenvalue weighted by molar-refractivity contribution is 5.44. The van der Waals surface area contributed by atoms with Gasteiger partial charge in [0.15, 0.2) is 0 Å². The first-order valence-corrected chi connectivity index (χ1v) is 7.25. The minimum absolute atomic E-state index is 0.748. The molecule has 1 aliphatic rings. The summed E-state index contributed by atoms with van der Waals surface area (Å²) in [5, 5.41) is 3.71. The summed E-state index contributed by atoms with van der Waals surface area (Å²) >= 11 is 0. The topological polar surface area (TPSA) is 15.3 Å². The van der Waals surface area contributed by atoms with Crippen molar-refractivity contribution in [1.82, 2.24) is 5.32 Å². The van der Waals surface area contributed by atoms with Gasteiger partial charge in [-0.05, 0) is 30.9 Å². The van der Waals surface area contributed by atoms with Gasteiger partial charge >= 0.3 is 0 Å². The molecule has 18 heavy (non-hydrogen) atoms. The molecule has 1 aromatic rings. The molecule has 1 saturated carbocycles. The molecule has 0 spiro atoms. The van der Waals surface area contributed by atoms with E-state index in [9.17, 15) is 0 Å². The van der Waals surface area contributed by atoms with E-state index < -0.39 is 0 Å². The van der Waals surface area contributed by atoms with Crippen molar-refractivity contribution in [1.29, 1.82) is 0 Å². The van der Waals surface area contributed by atoms with Gasteiger partial charge in [0.25, 0.3) is 0 Å². The van der Waals surface area contributed by atoms with E-state index in [4.69, 9.17) is 0 Å². The molecule has 0 saturated heterocycles. The number of nitrogens with one attached hydrogen (secondary N) is 1. The van der Waals surface area contributed by atoms with Gasteiger partial charge in [0.05, 0.1) is 0 Å². The number of nitrogens with zero attached hydrogens (tertiary/aromatic N) is 1. The van der Waals surface area contributed by atoms with E-state index in [1.165, 1.54) is 31.4 Å². The van der Waals surface area contributed by atoms with Crippen LogP contribution in [0.25, 0.3) is 0 Å². The van der Waals surface area contributed by atoms with Gasteiger partial charge in [-0.2, -0.15) is 0 Å². The monoisotopic (exact) mass is 246 g/mol. The Balaban J connectivity index is 1.69. The van der Waals surface area contributed by atoms with Gasteiger partial charge < -0.3 is 10.2 Å². The van der Waals surface area contributed by atoms with Gasteiger partial charge in [0.2, 0.25) is 0 Å². The van der Waals surface area contributed by atoms with Crippen molar-refractivity contribution in [3.63, 3.8) is 0 Å². The molecule has 1 aromatic carbocycles. The van der Waals surface area contributed by atoms with Crippen molar-refractivity contribution >= 4 is 5.69 Å². The fraction of sp³-hybridized carbons (Fsp3) is 0.625. The molecule has 0 aliphatic heterocycles. The molecule has 0 heterocycles. The molecule has 0 amide bonds. The third kappa shape index (κ3) is 4.02. The van der Waals surface area contributed by atoms with Gasteiger partial charge in [-0.25, -0.2) is 0 Å². The number of benzene rings is 1. The maximum absolute atomic E-state index is 3.71. The number of likely N-dealkylation sites (N-methyl/N-ethyl adjacent to an activating group) is 1. The largest absolute Gasteiger partial charge is 0.373 e. The summed E-state index contributed by atoms with van der Waals surface area (Å²) in [6.07, 6.45) is 5.53. The van der Waals surface area contributed by atoms with Gasteiger partial charge in [0, 0.05) is 31.9 Å². The molecule has 0 radical (unpaired) electrons. The zero-order valence-corrected chi connectivity index (χ0v) is 11.7. The second-order valence-electron chi connectivity index (χ2n) is 5.68. The molecule has 0 aromatic heterocycles. The van der Waals surface area contributed by atoms with Crippen LogP contribution in [-0.2, 0) is 0 Å². The van der Waals surface area contributed by atoms with Crippen molar-refractivity contribution in [2.24, 2.45) is 5.92 Å². The predicted molar refractivity (Wildman–Crippen MR) is 79.1 cm³/mol. The molecule has 0 bridgehead atoms. The lowest BCUT2D eigenvalue weighted by Gasteiger charge is -2.28. The average Bonchev–Trinajstić information content (AvgIpc) is 2.40. The molecule has 2 heteroatoms. The van der Waals surface area contributed by atoms with E-state index in [0.717, 1.165) is 25.0 Å². The van der Waals surface area contributed by atoms with Crippen LogP contribution in [-0.4, -0.2) is 26.2 Å². The summed E-state index contributed by atoms with van der Waals surface area (Å²) in [6.45, 7) is 4.54. The third-order valence-corrected chi connectivity index (χ3v) is 4.01. The molecule has 1 aliphatic carbocycles. The summed E-state index contributed by atoms with van der Waals surface area (Å²) in [5.74, 6) is 0.906. The van der Waals surface area contributed by atoms with E-state index in [2.05, 4.69) is 54.5 Å². The highest BCUT2D eigenvalue weighted by atomic mass is 15.1. The third-order valence-electron chi connectivity index (χ3n) is 4.01. The smallest absolute Gasteiger partial charge is 0.0364 e. The Bertz CT molecular complexity index is 336. The van der Waals surface area contributed by atoms with Crippen LogP contribution in [0.1, 0.15) is 32.6 Å². The van der Waals surface area contributed by atoms with Crippen molar-refractivity contribution in [2.75, 3.05) is 25.0 Å². The summed E-state index contributed by atoms with van der Waals surface area (Å²) < 4.78 is 0. The molecule has 1 fully saturated rings. The Hall–Kier alpha value is -1.02. The number of para-hydroxylation sites is 1. The SMILES string of the molecule is CC1CCCC(NCCN(C)c2ccccc2)C1. The fourth-order valence-corrected chi connectivity index (χ4v) is 2.87. The van der Waals surface area contributed by atoms with Crippen molar-refractivity contribution in [3.8, 4) is 0 Å². The number of anilines is 1. The van der Waals surface area contributed by atoms with Crippen LogP contribution in [0, 0.1) is 5.92 Å².